The first-order valence-electron chi connectivity index (χ1n) is 5.51. The Morgan fingerprint density at radius 2 is 2.12 bits per heavy atom. The highest BCUT2D eigenvalue weighted by atomic mass is 15.1. The van der Waals surface area contributed by atoms with E-state index in [0.717, 1.165) is 17.8 Å². The Labute approximate surface area is 100 Å². The van der Waals surface area contributed by atoms with E-state index < -0.39 is 0 Å². The molecule has 1 aromatic heterocycles. The summed E-state index contributed by atoms with van der Waals surface area (Å²) >= 11 is 0. The van der Waals surface area contributed by atoms with E-state index in [-0.39, 0.29) is 6.04 Å². The van der Waals surface area contributed by atoms with Crippen LogP contribution in [-0.4, -0.2) is 10.2 Å². The van der Waals surface area contributed by atoms with E-state index in [0.29, 0.717) is 5.56 Å². The van der Waals surface area contributed by atoms with E-state index in [1.165, 1.54) is 0 Å². The highest BCUT2D eigenvalue weighted by Gasteiger charge is 2.05. The van der Waals surface area contributed by atoms with E-state index in [4.69, 9.17) is 5.26 Å². The predicted octanol–water partition coefficient (Wildman–Crippen LogP) is 2.13. The van der Waals surface area contributed by atoms with Crippen molar-refractivity contribution in [1.82, 2.24) is 15.5 Å². The summed E-state index contributed by atoms with van der Waals surface area (Å²) in [5, 5.41) is 18.9. The smallest absolute Gasteiger partial charge is 0.0991 e. The average molecular weight is 226 g/mol. The molecule has 1 unspecified atom stereocenters. The summed E-state index contributed by atoms with van der Waals surface area (Å²) in [7, 11) is 0. The maximum absolute atomic E-state index is 8.69. The van der Waals surface area contributed by atoms with Crippen LogP contribution < -0.4 is 5.32 Å². The van der Waals surface area contributed by atoms with E-state index in [2.05, 4.69) is 28.5 Å². The molecule has 86 valence electrons. The molecule has 0 fully saturated rings. The third-order valence-corrected chi connectivity index (χ3v) is 2.68. The first kappa shape index (κ1) is 11.4. The minimum Gasteiger partial charge on any atom is -0.305 e. The Hall–Kier alpha value is -2.12. The number of hydrogen-bond acceptors (Lipinski definition) is 3. The number of rotatable bonds is 4. The minimum atomic E-state index is 0.230. The van der Waals surface area contributed by atoms with Gasteiger partial charge in [0.1, 0.15) is 0 Å². The molecule has 0 bridgehead atoms. The van der Waals surface area contributed by atoms with Gasteiger partial charge >= 0.3 is 0 Å². The van der Waals surface area contributed by atoms with E-state index in [1.807, 2.05) is 30.3 Å². The fraction of sp³-hybridized carbons (Fsp3) is 0.231. The number of hydrogen-bond donors (Lipinski definition) is 2. The highest BCUT2D eigenvalue weighted by Crippen LogP contribution is 2.09. The Morgan fingerprint density at radius 3 is 2.71 bits per heavy atom. The van der Waals surface area contributed by atoms with Crippen molar-refractivity contribution in [1.29, 1.82) is 5.26 Å². The maximum Gasteiger partial charge on any atom is 0.0991 e. The third-order valence-electron chi connectivity index (χ3n) is 2.68. The standard InChI is InChI=1S/C13H14N4/c1-10(13-6-7-16-17-13)15-9-12-4-2-11(8-14)3-5-12/h2-7,10,15H,9H2,1H3,(H,16,17). The molecule has 4 heteroatoms. The molecule has 17 heavy (non-hydrogen) atoms. The fourth-order valence-corrected chi connectivity index (χ4v) is 1.59. The van der Waals surface area contributed by atoms with Crippen molar-refractivity contribution in [2.45, 2.75) is 19.5 Å². The molecule has 0 aliphatic carbocycles. The molecule has 2 N–H and O–H groups in total. The van der Waals surface area contributed by atoms with E-state index in [9.17, 15) is 0 Å². The fourth-order valence-electron chi connectivity index (χ4n) is 1.59. The van der Waals surface area contributed by atoms with Crippen molar-refractivity contribution in [2.24, 2.45) is 0 Å². The molecule has 1 aromatic carbocycles. The summed E-state index contributed by atoms with van der Waals surface area (Å²) in [4.78, 5) is 0. The molecule has 0 aliphatic heterocycles. The Morgan fingerprint density at radius 1 is 1.35 bits per heavy atom. The van der Waals surface area contributed by atoms with Crippen molar-refractivity contribution in [3.05, 3.63) is 53.3 Å². The number of benzene rings is 1. The van der Waals surface area contributed by atoms with Crippen molar-refractivity contribution in [3.63, 3.8) is 0 Å². The van der Waals surface area contributed by atoms with Crippen LogP contribution in [0.15, 0.2) is 36.5 Å². The van der Waals surface area contributed by atoms with Crippen LogP contribution in [0.1, 0.15) is 29.8 Å². The summed E-state index contributed by atoms with van der Waals surface area (Å²) in [6.07, 6.45) is 1.75. The van der Waals surface area contributed by atoms with Crippen molar-refractivity contribution >= 4 is 0 Å². The first-order valence-corrected chi connectivity index (χ1v) is 5.51. The molecule has 0 saturated heterocycles. The van der Waals surface area contributed by atoms with Gasteiger partial charge in [-0.3, -0.25) is 5.10 Å². The van der Waals surface area contributed by atoms with Gasteiger partial charge in [0.15, 0.2) is 0 Å². The molecule has 1 heterocycles. The predicted molar refractivity (Wildman–Crippen MR) is 65.0 cm³/mol. The molecular formula is C13H14N4. The lowest BCUT2D eigenvalue weighted by atomic mass is 10.1. The number of nitrogens with zero attached hydrogens (tertiary/aromatic N) is 2. The lowest BCUT2D eigenvalue weighted by Gasteiger charge is -2.11. The van der Waals surface area contributed by atoms with Crippen LogP contribution in [0.25, 0.3) is 0 Å². The molecule has 2 rings (SSSR count). The van der Waals surface area contributed by atoms with Gasteiger partial charge in [-0.15, -0.1) is 0 Å². The van der Waals surface area contributed by atoms with Crippen LogP contribution in [-0.2, 0) is 6.54 Å². The van der Waals surface area contributed by atoms with Crippen LogP contribution in [0.2, 0.25) is 0 Å². The molecule has 0 saturated carbocycles. The van der Waals surface area contributed by atoms with Crippen LogP contribution in [0.4, 0.5) is 0 Å². The summed E-state index contributed by atoms with van der Waals surface area (Å²) < 4.78 is 0. The molecule has 2 aromatic rings. The van der Waals surface area contributed by atoms with Gasteiger partial charge in [0.25, 0.3) is 0 Å². The van der Waals surface area contributed by atoms with Gasteiger partial charge in [-0.2, -0.15) is 10.4 Å². The number of aromatic amines is 1. The Balaban J connectivity index is 1.91. The van der Waals surface area contributed by atoms with Gasteiger partial charge in [0.2, 0.25) is 0 Å². The SMILES string of the molecule is CC(NCc1ccc(C#N)cc1)c1ccn[nH]1. The van der Waals surface area contributed by atoms with Crippen molar-refractivity contribution in [2.75, 3.05) is 0 Å². The number of H-pyrrole nitrogens is 1. The molecule has 1 atom stereocenters. The van der Waals surface area contributed by atoms with Gasteiger partial charge in [0.05, 0.1) is 17.3 Å². The molecule has 4 nitrogen and oxygen atoms in total. The lowest BCUT2D eigenvalue weighted by Crippen LogP contribution is -2.18. The van der Waals surface area contributed by atoms with Crippen LogP contribution in [0.3, 0.4) is 0 Å². The normalized spacial score (nSPS) is 12.0. The van der Waals surface area contributed by atoms with Gasteiger partial charge in [-0.25, -0.2) is 0 Å². The monoisotopic (exact) mass is 226 g/mol. The number of nitrogens with one attached hydrogen (secondary N) is 2. The van der Waals surface area contributed by atoms with E-state index >= 15 is 0 Å². The van der Waals surface area contributed by atoms with Gasteiger partial charge in [0, 0.05) is 18.8 Å². The third kappa shape index (κ3) is 2.92. The molecular weight excluding hydrogens is 212 g/mol. The zero-order valence-corrected chi connectivity index (χ0v) is 9.64. The second-order valence-corrected chi connectivity index (χ2v) is 3.92. The van der Waals surface area contributed by atoms with E-state index in [1.54, 1.807) is 6.20 Å². The zero-order valence-electron chi connectivity index (χ0n) is 9.64. The number of nitriles is 1. The van der Waals surface area contributed by atoms with Crippen molar-refractivity contribution in [3.8, 4) is 6.07 Å². The topological polar surface area (TPSA) is 64.5 Å². The minimum absolute atomic E-state index is 0.230. The molecule has 0 spiro atoms. The van der Waals surface area contributed by atoms with Crippen LogP contribution in [0.5, 0.6) is 0 Å². The van der Waals surface area contributed by atoms with Crippen LogP contribution >= 0.6 is 0 Å². The molecule has 0 amide bonds. The quantitative estimate of drug-likeness (QED) is 0.839. The second kappa shape index (κ2) is 5.28. The highest BCUT2D eigenvalue weighted by molar-refractivity contribution is 5.31. The van der Waals surface area contributed by atoms with Crippen LogP contribution in [0, 0.1) is 11.3 Å². The summed E-state index contributed by atoms with van der Waals surface area (Å²) in [6, 6.07) is 11.9. The zero-order chi connectivity index (χ0) is 12.1. The largest absolute Gasteiger partial charge is 0.305 e. The average Bonchev–Trinajstić information content (AvgIpc) is 2.90. The molecule has 0 aliphatic rings. The van der Waals surface area contributed by atoms with Gasteiger partial charge in [-0.1, -0.05) is 12.1 Å². The summed E-state index contributed by atoms with van der Waals surface area (Å²) in [5.74, 6) is 0. The maximum atomic E-state index is 8.69. The van der Waals surface area contributed by atoms with Gasteiger partial charge in [-0.05, 0) is 30.7 Å². The first-order chi connectivity index (χ1) is 8.29. The van der Waals surface area contributed by atoms with Gasteiger partial charge < -0.3 is 5.32 Å². The lowest BCUT2D eigenvalue weighted by molar-refractivity contribution is 0.560. The Kier molecular flexibility index (Phi) is 3.53. The Bertz CT molecular complexity index is 493. The summed E-state index contributed by atoms with van der Waals surface area (Å²) in [5.41, 5.74) is 2.92. The summed E-state index contributed by atoms with van der Waals surface area (Å²) in [6.45, 7) is 2.85. The number of aromatic nitrogens is 2. The van der Waals surface area contributed by atoms with Crippen molar-refractivity contribution < 1.29 is 0 Å². The second-order valence-electron chi connectivity index (χ2n) is 3.92. The molecule has 0 radical (unpaired) electrons.